The topological polar surface area (TPSA) is 86.3 Å². The van der Waals surface area contributed by atoms with E-state index in [1.54, 1.807) is 14.2 Å². The summed E-state index contributed by atoms with van der Waals surface area (Å²) in [6.45, 7) is 3.24. The number of nitrogens with zero attached hydrogens (tertiary/aromatic N) is 2. The first-order valence-electron chi connectivity index (χ1n) is 13.3. The fourth-order valence-corrected chi connectivity index (χ4v) is 6.15. The average molecular weight is 674 g/mol. The van der Waals surface area contributed by atoms with E-state index in [1.807, 2.05) is 47.4 Å². The lowest BCUT2D eigenvalue weighted by Gasteiger charge is -2.40. The fourth-order valence-electron chi connectivity index (χ4n) is 5.62. The minimum Gasteiger partial charge on any atom is -0.497 e. The van der Waals surface area contributed by atoms with Gasteiger partial charge in [-0.2, -0.15) is 0 Å². The lowest BCUT2D eigenvalue weighted by Crippen LogP contribution is -2.62. The highest BCUT2D eigenvalue weighted by atomic mass is 79.9. The summed E-state index contributed by atoms with van der Waals surface area (Å²) >= 11 is 7.11. The first-order chi connectivity index (χ1) is 19.4. The van der Waals surface area contributed by atoms with Crippen molar-refractivity contribution in [2.75, 3.05) is 53.6 Å². The molecule has 2 aliphatic rings. The molecular weight excluding hydrogens is 640 g/mol. The van der Waals surface area contributed by atoms with E-state index >= 15 is 0 Å². The second-order valence-electron chi connectivity index (χ2n) is 10.0. The molecule has 0 bridgehead atoms. The maximum Gasteiger partial charge on any atom is 0.262 e. The maximum absolute atomic E-state index is 14.7. The van der Waals surface area contributed by atoms with Gasteiger partial charge in [0.15, 0.2) is 5.66 Å². The van der Waals surface area contributed by atoms with Gasteiger partial charge >= 0.3 is 0 Å². The van der Waals surface area contributed by atoms with Gasteiger partial charge in [-0.25, -0.2) is 0 Å². The zero-order valence-electron chi connectivity index (χ0n) is 22.6. The van der Waals surface area contributed by atoms with E-state index in [1.165, 1.54) is 0 Å². The van der Waals surface area contributed by atoms with Crippen molar-refractivity contribution in [3.63, 3.8) is 0 Å². The number of carbonyl (C=O) groups excluding carboxylic acids is 1. The zero-order chi connectivity index (χ0) is 28.3. The first kappa shape index (κ1) is 29.0. The Morgan fingerprint density at radius 3 is 1.90 bits per heavy atom. The second kappa shape index (κ2) is 12.6. The highest BCUT2D eigenvalue weighted by Gasteiger charge is 2.54. The van der Waals surface area contributed by atoms with Crippen molar-refractivity contribution < 1.29 is 19.4 Å². The van der Waals surface area contributed by atoms with E-state index in [2.05, 4.69) is 71.7 Å². The van der Waals surface area contributed by atoms with Gasteiger partial charge in [-0.05, 0) is 47.5 Å². The summed E-state index contributed by atoms with van der Waals surface area (Å²) in [5.74, 6) is 1.13. The van der Waals surface area contributed by atoms with Crippen molar-refractivity contribution in [1.82, 2.24) is 20.4 Å². The maximum atomic E-state index is 14.7. The predicted molar refractivity (Wildman–Crippen MR) is 161 cm³/mol. The molecule has 2 fully saturated rings. The third-order valence-electron chi connectivity index (χ3n) is 7.74. The van der Waals surface area contributed by atoms with E-state index in [4.69, 9.17) is 9.47 Å². The highest BCUT2D eigenvalue weighted by molar-refractivity contribution is 9.10. The molecule has 3 N–H and O–H groups in total. The molecule has 10 heteroatoms. The molecule has 2 heterocycles. The number of benzene rings is 3. The Balaban J connectivity index is 1.62. The molecule has 0 aromatic heterocycles. The molecule has 2 aliphatic heterocycles. The largest absolute Gasteiger partial charge is 0.497 e. The number of rotatable bonds is 8. The van der Waals surface area contributed by atoms with Gasteiger partial charge in [-0.15, -0.1) is 0 Å². The molecule has 1 amide bonds. The number of nitrogens with one attached hydrogen (secondary N) is 2. The van der Waals surface area contributed by atoms with E-state index in [0.29, 0.717) is 49.8 Å². The van der Waals surface area contributed by atoms with Gasteiger partial charge in [-0.3, -0.25) is 20.3 Å². The van der Waals surface area contributed by atoms with Crippen LogP contribution in [0.5, 0.6) is 11.5 Å². The van der Waals surface area contributed by atoms with Gasteiger partial charge in [-0.1, -0.05) is 56.1 Å². The number of amides is 1. The Bertz CT molecular complexity index is 1260. The molecule has 0 aliphatic carbocycles. The molecule has 2 unspecified atom stereocenters. The van der Waals surface area contributed by atoms with Crippen LogP contribution in [-0.4, -0.2) is 74.4 Å². The highest BCUT2D eigenvalue weighted by Crippen LogP contribution is 2.45. The van der Waals surface area contributed by atoms with Gasteiger partial charge in [0, 0.05) is 53.3 Å². The average Bonchev–Trinajstić information content (AvgIpc) is 3.39. The SMILES string of the molecule is COc1ccc(C2(C(=O)N3CCN(CCO)CC3)NC(c3ccc(Br)cc3)C(c3ccc(Br)cc3)N2)c(OC)c1. The molecule has 0 saturated carbocycles. The molecule has 212 valence electrons. The van der Waals surface area contributed by atoms with Crippen LogP contribution in [0.3, 0.4) is 0 Å². The second-order valence-corrected chi connectivity index (χ2v) is 11.9. The fraction of sp³-hybridized carbons (Fsp3) is 0.367. The minimum atomic E-state index is -1.27. The summed E-state index contributed by atoms with van der Waals surface area (Å²) in [5, 5.41) is 16.9. The summed E-state index contributed by atoms with van der Waals surface area (Å²) in [5.41, 5.74) is 1.53. The number of aliphatic hydroxyl groups excluding tert-OH is 1. The quantitative estimate of drug-likeness (QED) is 0.331. The Morgan fingerprint density at radius 1 is 0.875 bits per heavy atom. The summed E-state index contributed by atoms with van der Waals surface area (Å²) in [6, 6.07) is 21.5. The normalized spacial score (nSPS) is 23.3. The van der Waals surface area contributed by atoms with Crippen LogP contribution in [-0.2, 0) is 10.5 Å². The number of methoxy groups -OCH3 is 2. The van der Waals surface area contributed by atoms with Crippen molar-refractivity contribution in [1.29, 1.82) is 0 Å². The summed E-state index contributed by atoms with van der Waals surface area (Å²) in [4.78, 5) is 18.8. The van der Waals surface area contributed by atoms with Gasteiger partial charge in [0.25, 0.3) is 5.91 Å². The molecule has 40 heavy (non-hydrogen) atoms. The van der Waals surface area contributed by atoms with Crippen molar-refractivity contribution in [3.05, 3.63) is 92.4 Å². The Kier molecular flexibility index (Phi) is 9.14. The lowest BCUT2D eigenvalue weighted by atomic mass is 9.95. The van der Waals surface area contributed by atoms with Crippen LogP contribution in [0.1, 0.15) is 28.8 Å². The molecule has 3 aromatic rings. The van der Waals surface area contributed by atoms with E-state index in [-0.39, 0.29) is 24.6 Å². The number of hydrogen-bond acceptors (Lipinski definition) is 7. The van der Waals surface area contributed by atoms with E-state index < -0.39 is 5.66 Å². The molecular formula is C30H34Br2N4O4. The summed E-state index contributed by atoms with van der Waals surface area (Å²) in [6.07, 6.45) is 0. The third kappa shape index (κ3) is 5.79. The van der Waals surface area contributed by atoms with Gasteiger partial charge in [0.05, 0.1) is 32.9 Å². The molecule has 8 nitrogen and oxygen atoms in total. The molecule has 5 rings (SSSR count). The summed E-state index contributed by atoms with van der Waals surface area (Å²) in [7, 11) is 3.22. The zero-order valence-corrected chi connectivity index (χ0v) is 25.7. The molecule has 0 radical (unpaired) electrons. The van der Waals surface area contributed by atoms with Gasteiger partial charge in [0.1, 0.15) is 11.5 Å². The number of carbonyl (C=O) groups is 1. The van der Waals surface area contributed by atoms with Crippen LogP contribution in [0, 0.1) is 0 Å². The van der Waals surface area contributed by atoms with Crippen molar-refractivity contribution in [3.8, 4) is 11.5 Å². The molecule has 2 atom stereocenters. The monoisotopic (exact) mass is 672 g/mol. The first-order valence-corrected chi connectivity index (χ1v) is 14.9. The molecule has 0 spiro atoms. The van der Waals surface area contributed by atoms with E-state index in [0.717, 1.165) is 20.1 Å². The number of β-amino-alcohol motifs (C(OH)–C–C–N with tert-alkyl or cyclic N) is 1. The van der Waals surface area contributed by atoms with Gasteiger partial charge in [0.2, 0.25) is 0 Å². The van der Waals surface area contributed by atoms with Crippen LogP contribution in [0.4, 0.5) is 0 Å². The smallest absolute Gasteiger partial charge is 0.262 e. The van der Waals surface area contributed by atoms with Crippen molar-refractivity contribution in [2.24, 2.45) is 0 Å². The van der Waals surface area contributed by atoms with E-state index in [9.17, 15) is 9.90 Å². The number of halogens is 2. The minimum absolute atomic E-state index is 0.0682. The number of aliphatic hydroxyl groups is 1. The van der Waals surface area contributed by atoms with Crippen LogP contribution in [0.25, 0.3) is 0 Å². The Hall–Kier alpha value is -2.47. The van der Waals surface area contributed by atoms with Crippen LogP contribution >= 0.6 is 31.9 Å². The Morgan fingerprint density at radius 2 is 1.43 bits per heavy atom. The number of piperazine rings is 1. The van der Waals surface area contributed by atoms with Crippen LogP contribution in [0.15, 0.2) is 75.7 Å². The Labute approximate surface area is 251 Å². The van der Waals surface area contributed by atoms with Crippen molar-refractivity contribution in [2.45, 2.75) is 17.7 Å². The van der Waals surface area contributed by atoms with Gasteiger partial charge < -0.3 is 19.5 Å². The predicted octanol–water partition coefficient (Wildman–Crippen LogP) is 4.19. The van der Waals surface area contributed by atoms with Crippen molar-refractivity contribution >= 4 is 37.8 Å². The number of ether oxygens (including phenoxy) is 2. The summed E-state index contributed by atoms with van der Waals surface area (Å²) < 4.78 is 13.3. The third-order valence-corrected chi connectivity index (χ3v) is 8.80. The van der Waals surface area contributed by atoms with Crippen LogP contribution in [0.2, 0.25) is 0 Å². The molecule has 2 saturated heterocycles. The van der Waals surface area contributed by atoms with Crippen LogP contribution < -0.4 is 20.1 Å². The molecule has 3 aromatic carbocycles. The lowest BCUT2D eigenvalue weighted by molar-refractivity contribution is -0.141. The number of hydrogen-bond donors (Lipinski definition) is 3. The standard InChI is InChI=1S/C30H34Br2N4O4/c1-39-24-11-12-25(26(19-24)40-2)30(29(38)36-15-13-35(14-16-36)17-18-37)33-27(20-3-7-22(31)8-4-20)28(34-30)21-5-9-23(32)10-6-21/h3-12,19,27-28,33-34,37H,13-18H2,1-2H3.